The minimum Gasteiger partial charge on any atom is -0.396 e. The van der Waals surface area contributed by atoms with Crippen molar-refractivity contribution in [2.24, 2.45) is 5.92 Å². The van der Waals surface area contributed by atoms with Crippen LogP contribution in [0.3, 0.4) is 0 Å². The van der Waals surface area contributed by atoms with Crippen LogP contribution in [-0.4, -0.2) is 33.1 Å². The molecule has 0 aliphatic rings. The third-order valence-corrected chi connectivity index (χ3v) is 2.76. The summed E-state index contributed by atoms with van der Waals surface area (Å²) in [6, 6.07) is 4.45. The maximum atomic E-state index is 10.8. The normalized spacial score (nSPS) is 12.3. The monoisotopic (exact) mass is 262 g/mol. The lowest BCUT2D eigenvalue weighted by molar-refractivity contribution is -0.384. The number of hydrogen-bond acceptors (Lipinski definition) is 6. The van der Waals surface area contributed by atoms with Gasteiger partial charge in [0, 0.05) is 30.7 Å². The SMILES string of the molecule is CC(CO)CNc1ncnc2ccc([N+](=O)[O-])cc12. The zero-order chi connectivity index (χ0) is 13.8. The summed E-state index contributed by atoms with van der Waals surface area (Å²) in [7, 11) is 0. The zero-order valence-electron chi connectivity index (χ0n) is 10.4. The molecule has 0 saturated carbocycles. The van der Waals surface area contributed by atoms with E-state index in [1.165, 1.54) is 18.5 Å². The second-order valence-corrected chi connectivity index (χ2v) is 4.35. The van der Waals surface area contributed by atoms with E-state index in [4.69, 9.17) is 5.11 Å². The van der Waals surface area contributed by atoms with Crippen molar-refractivity contribution in [3.05, 3.63) is 34.6 Å². The lowest BCUT2D eigenvalue weighted by atomic mass is 10.2. The van der Waals surface area contributed by atoms with Crippen LogP contribution < -0.4 is 5.32 Å². The van der Waals surface area contributed by atoms with E-state index >= 15 is 0 Å². The fraction of sp³-hybridized carbons (Fsp3) is 0.333. The standard InChI is InChI=1S/C12H14N4O3/c1-8(6-17)5-13-12-10-4-9(16(18)19)2-3-11(10)14-7-15-12/h2-4,7-8,17H,5-6H2,1H3,(H,13,14,15). The van der Waals surface area contributed by atoms with Crippen LogP contribution in [0.5, 0.6) is 0 Å². The van der Waals surface area contributed by atoms with Crippen molar-refractivity contribution in [2.45, 2.75) is 6.92 Å². The summed E-state index contributed by atoms with van der Waals surface area (Å²) in [5.74, 6) is 0.609. The summed E-state index contributed by atoms with van der Waals surface area (Å²) in [5.41, 5.74) is 0.639. The molecule has 1 aromatic heterocycles. The molecular weight excluding hydrogens is 248 g/mol. The zero-order valence-corrected chi connectivity index (χ0v) is 10.4. The number of nitrogens with one attached hydrogen (secondary N) is 1. The summed E-state index contributed by atoms with van der Waals surface area (Å²) < 4.78 is 0. The Hall–Kier alpha value is -2.28. The molecule has 0 radical (unpaired) electrons. The van der Waals surface area contributed by atoms with Crippen LogP contribution >= 0.6 is 0 Å². The van der Waals surface area contributed by atoms with Crippen molar-refractivity contribution >= 4 is 22.4 Å². The Morgan fingerprint density at radius 1 is 1.47 bits per heavy atom. The van der Waals surface area contributed by atoms with Crippen LogP contribution in [0.15, 0.2) is 24.5 Å². The summed E-state index contributed by atoms with van der Waals surface area (Å²) in [4.78, 5) is 18.5. The molecule has 2 aromatic rings. The number of nitrogens with zero attached hydrogens (tertiary/aromatic N) is 3. The molecule has 0 spiro atoms. The van der Waals surface area contributed by atoms with Gasteiger partial charge in [-0.05, 0) is 12.0 Å². The number of nitro benzene ring substituents is 1. The minimum atomic E-state index is -0.452. The predicted molar refractivity (Wildman–Crippen MR) is 70.9 cm³/mol. The number of non-ortho nitro benzene ring substituents is 1. The Morgan fingerprint density at radius 3 is 2.95 bits per heavy atom. The quantitative estimate of drug-likeness (QED) is 0.626. The lowest BCUT2D eigenvalue weighted by Crippen LogP contribution is -2.15. The van der Waals surface area contributed by atoms with E-state index in [-0.39, 0.29) is 18.2 Å². The topological polar surface area (TPSA) is 101 Å². The molecule has 7 nitrogen and oxygen atoms in total. The van der Waals surface area contributed by atoms with Gasteiger partial charge in [-0.15, -0.1) is 0 Å². The lowest BCUT2D eigenvalue weighted by Gasteiger charge is -2.11. The second kappa shape index (κ2) is 5.57. The first-order valence-electron chi connectivity index (χ1n) is 5.85. The largest absolute Gasteiger partial charge is 0.396 e. The van der Waals surface area contributed by atoms with Crippen LogP contribution in [0.2, 0.25) is 0 Å². The number of aliphatic hydroxyl groups is 1. The first kappa shape index (κ1) is 13.2. The smallest absolute Gasteiger partial charge is 0.270 e. The van der Waals surface area contributed by atoms with Gasteiger partial charge in [0.2, 0.25) is 0 Å². The fourth-order valence-electron chi connectivity index (χ4n) is 1.63. The number of rotatable bonds is 5. The molecule has 2 N–H and O–H groups in total. The van der Waals surface area contributed by atoms with E-state index in [0.29, 0.717) is 23.3 Å². The maximum Gasteiger partial charge on any atom is 0.270 e. The number of anilines is 1. The van der Waals surface area contributed by atoms with Gasteiger partial charge in [-0.1, -0.05) is 6.92 Å². The Morgan fingerprint density at radius 2 is 2.26 bits per heavy atom. The van der Waals surface area contributed by atoms with Crippen LogP contribution in [0, 0.1) is 16.0 Å². The minimum absolute atomic E-state index is 0.000515. The van der Waals surface area contributed by atoms with Gasteiger partial charge < -0.3 is 10.4 Å². The number of fused-ring (bicyclic) bond motifs is 1. The second-order valence-electron chi connectivity index (χ2n) is 4.35. The average Bonchev–Trinajstić information content (AvgIpc) is 2.43. The van der Waals surface area contributed by atoms with E-state index in [1.807, 2.05) is 6.92 Å². The molecule has 1 atom stereocenters. The summed E-state index contributed by atoms with van der Waals surface area (Å²) >= 11 is 0. The van der Waals surface area contributed by atoms with Crippen molar-refractivity contribution in [1.29, 1.82) is 0 Å². The molecular formula is C12H14N4O3. The highest BCUT2D eigenvalue weighted by molar-refractivity contribution is 5.90. The van der Waals surface area contributed by atoms with E-state index in [2.05, 4.69) is 15.3 Å². The molecule has 2 rings (SSSR count). The highest BCUT2D eigenvalue weighted by atomic mass is 16.6. The number of aliphatic hydroxyl groups excluding tert-OH is 1. The van der Waals surface area contributed by atoms with Gasteiger partial charge in [-0.25, -0.2) is 9.97 Å². The molecule has 0 saturated heterocycles. The van der Waals surface area contributed by atoms with Gasteiger partial charge in [0.25, 0.3) is 5.69 Å². The van der Waals surface area contributed by atoms with E-state index in [1.54, 1.807) is 6.07 Å². The number of aromatic nitrogens is 2. The van der Waals surface area contributed by atoms with E-state index < -0.39 is 4.92 Å². The van der Waals surface area contributed by atoms with E-state index in [0.717, 1.165) is 0 Å². The van der Waals surface area contributed by atoms with Crippen molar-refractivity contribution in [3.8, 4) is 0 Å². The Bertz CT molecular complexity index is 603. The molecule has 0 aliphatic carbocycles. The predicted octanol–water partition coefficient (Wildman–Crippen LogP) is 1.58. The number of nitro groups is 1. The number of benzene rings is 1. The molecule has 7 heteroatoms. The fourth-order valence-corrected chi connectivity index (χ4v) is 1.63. The van der Waals surface area contributed by atoms with Gasteiger partial charge in [-0.2, -0.15) is 0 Å². The van der Waals surface area contributed by atoms with Crippen LogP contribution in [0.4, 0.5) is 11.5 Å². The Balaban J connectivity index is 2.37. The van der Waals surface area contributed by atoms with Crippen molar-refractivity contribution in [2.75, 3.05) is 18.5 Å². The molecule has 19 heavy (non-hydrogen) atoms. The molecule has 0 bridgehead atoms. The highest BCUT2D eigenvalue weighted by Gasteiger charge is 2.11. The van der Waals surface area contributed by atoms with E-state index in [9.17, 15) is 10.1 Å². The van der Waals surface area contributed by atoms with Crippen LogP contribution in [0.1, 0.15) is 6.92 Å². The maximum absolute atomic E-state index is 10.8. The van der Waals surface area contributed by atoms with Crippen molar-refractivity contribution in [1.82, 2.24) is 9.97 Å². The third-order valence-electron chi connectivity index (χ3n) is 2.76. The Kier molecular flexibility index (Phi) is 3.86. The summed E-state index contributed by atoms with van der Waals surface area (Å²) in [6.07, 6.45) is 1.40. The van der Waals surface area contributed by atoms with Gasteiger partial charge in [0.15, 0.2) is 0 Å². The summed E-state index contributed by atoms with van der Waals surface area (Å²) in [5, 5.41) is 23.4. The average molecular weight is 262 g/mol. The molecule has 1 heterocycles. The van der Waals surface area contributed by atoms with Crippen molar-refractivity contribution in [3.63, 3.8) is 0 Å². The molecule has 0 fully saturated rings. The summed E-state index contributed by atoms with van der Waals surface area (Å²) in [6.45, 7) is 2.49. The van der Waals surface area contributed by atoms with Gasteiger partial charge >= 0.3 is 0 Å². The van der Waals surface area contributed by atoms with Crippen LogP contribution in [0.25, 0.3) is 10.9 Å². The molecule has 1 aromatic carbocycles. The molecule has 0 amide bonds. The molecule has 100 valence electrons. The highest BCUT2D eigenvalue weighted by Crippen LogP contribution is 2.24. The third kappa shape index (κ3) is 2.94. The molecule has 0 aliphatic heterocycles. The molecule has 1 unspecified atom stereocenters. The number of hydrogen-bond donors (Lipinski definition) is 2. The van der Waals surface area contributed by atoms with Crippen LogP contribution in [-0.2, 0) is 0 Å². The van der Waals surface area contributed by atoms with Gasteiger partial charge in [0.05, 0.1) is 10.4 Å². The van der Waals surface area contributed by atoms with Gasteiger partial charge in [-0.3, -0.25) is 10.1 Å². The Labute approximate surface area is 109 Å². The van der Waals surface area contributed by atoms with Gasteiger partial charge in [0.1, 0.15) is 12.1 Å². The van der Waals surface area contributed by atoms with Crippen molar-refractivity contribution < 1.29 is 10.0 Å². The first-order valence-corrected chi connectivity index (χ1v) is 5.85. The first-order chi connectivity index (χ1) is 9.11.